The highest BCUT2D eigenvalue weighted by Crippen LogP contribution is 2.21. The van der Waals surface area contributed by atoms with E-state index in [9.17, 15) is 9.59 Å². The molecule has 6 nitrogen and oxygen atoms in total. The SMILES string of the molecule is O=C(NC1CCN(Cc2ccccc2)CC1)C(=O)N1CCN(c2cccc(Cl)c2)CC1. The summed E-state index contributed by atoms with van der Waals surface area (Å²) in [4.78, 5) is 31.4. The van der Waals surface area contributed by atoms with E-state index in [0.717, 1.165) is 38.2 Å². The van der Waals surface area contributed by atoms with Gasteiger partial charge in [0.25, 0.3) is 0 Å². The van der Waals surface area contributed by atoms with Crippen molar-refractivity contribution in [2.75, 3.05) is 44.2 Å². The molecule has 2 saturated heterocycles. The molecule has 0 saturated carbocycles. The lowest BCUT2D eigenvalue weighted by molar-refractivity contribution is -0.146. The summed E-state index contributed by atoms with van der Waals surface area (Å²) in [5, 5.41) is 3.66. The first-order valence-corrected chi connectivity index (χ1v) is 11.3. The fourth-order valence-corrected chi connectivity index (χ4v) is 4.49. The lowest BCUT2D eigenvalue weighted by Gasteiger charge is -2.36. The molecule has 0 radical (unpaired) electrons. The number of carbonyl (C=O) groups excluding carboxylic acids is 2. The molecular formula is C24H29ClN4O2. The van der Waals surface area contributed by atoms with Crippen LogP contribution in [-0.2, 0) is 16.1 Å². The molecule has 4 rings (SSSR count). The predicted octanol–water partition coefficient (Wildman–Crippen LogP) is 2.77. The summed E-state index contributed by atoms with van der Waals surface area (Å²) < 4.78 is 0. The largest absolute Gasteiger partial charge is 0.368 e. The van der Waals surface area contributed by atoms with Crippen LogP contribution < -0.4 is 10.2 Å². The van der Waals surface area contributed by atoms with Gasteiger partial charge < -0.3 is 15.1 Å². The fraction of sp³-hybridized carbons (Fsp3) is 0.417. The van der Waals surface area contributed by atoms with E-state index < -0.39 is 11.8 Å². The fourth-order valence-electron chi connectivity index (χ4n) is 4.31. The van der Waals surface area contributed by atoms with Crippen molar-refractivity contribution in [3.05, 3.63) is 65.2 Å². The number of carbonyl (C=O) groups is 2. The van der Waals surface area contributed by atoms with Crippen molar-refractivity contribution in [3.8, 4) is 0 Å². The number of hydrogen-bond donors (Lipinski definition) is 1. The summed E-state index contributed by atoms with van der Waals surface area (Å²) >= 11 is 6.08. The molecular weight excluding hydrogens is 412 g/mol. The van der Waals surface area contributed by atoms with Crippen molar-refractivity contribution in [2.45, 2.75) is 25.4 Å². The van der Waals surface area contributed by atoms with E-state index in [-0.39, 0.29) is 6.04 Å². The monoisotopic (exact) mass is 440 g/mol. The van der Waals surface area contributed by atoms with Crippen LogP contribution in [0, 0.1) is 0 Å². The quantitative estimate of drug-likeness (QED) is 0.743. The van der Waals surface area contributed by atoms with Gasteiger partial charge in [0.15, 0.2) is 0 Å². The molecule has 0 spiro atoms. The van der Waals surface area contributed by atoms with Crippen LogP contribution in [0.3, 0.4) is 0 Å². The van der Waals surface area contributed by atoms with E-state index in [2.05, 4.69) is 39.4 Å². The molecule has 0 aromatic heterocycles. The lowest BCUT2D eigenvalue weighted by atomic mass is 10.0. The molecule has 2 aromatic rings. The van der Waals surface area contributed by atoms with Crippen LogP contribution in [0.4, 0.5) is 5.69 Å². The molecule has 0 bridgehead atoms. The second-order valence-electron chi connectivity index (χ2n) is 8.27. The highest BCUT2D eigenvalue weighted by molar-refractivity contribution is 6.35. The number of nitrogens with zero attached hydrogens (tertiary/aromatic N) is 3. The van der Waals surface area contributed by atoms with E-state index in [4.69, 9.17) is 11.6 Å². The van der Waals surface area contributed by atoms with Gasteiger partial charge in [-0.2, -0.15) is 0 Å². The van der Waals surface area contributed by atoms with Gasteiger partial charge in [-0.15, -0.1) is 0 Å². The normalized spacial score (nSPS) is 18.1. The van der Waals surface area contributed by atoms with Crippen LogP contribution in [0.15, 0.2) is 54.6 Å². The van der Waals surface area contributed by atoms with Gasteiger partial charge in [0, 0.05) is 62.6 Å². The first kappa shape index (κ1) is 21.7. The van der Waals surface area contributed by atoms with E-state index in [1.54, 1.807) is 4.90 Å². The molecule has 2 aliphatic heterocycles. The van der Waals surface area contributed by atoms with Gasteiger partial charge in [0.05, 0.1) is 0 Å². The molecule has 31 heavy (non-hydrogen) atoms. The third-order valence-electron chi connectivity index (χ3n) is 6.11. The van der Waals surface area contributed by atoms with Crippen LogP contribution in [0.2, 0.25) is 5.02 Å². The van der Waals surface area contributed by atoms with Gasteiger partial charge in [-0.3, -0.25) is 14.5 Å². The number of anilines is 1. The van der Waals surface area contributed by atoms with Crippen LogP contribution in [0.25, 0.3) is 0 Å². The Balaban J connectivity index is 1.20. The zero-order chi connectivity index (χ0) is 21.6. The van der Waals surface area contributed by atoms with Crippen molar-refractivity contribution in [1.29, 1.82) is 0 Å². The summed E-state index contributed by atoms with van der Waals surface area (Å²) in [5.41, 5.74) is 2.35. The van der Waals surface area contributed by atoms with E-state index in [0.29, 0.717) is 31.2 Å². The Morgan fingerprint density at radius 2 is 1.61 bits per heavy atom. The number of piperidine rings is 1. The minimum absolute atomic E-state index is 0.0659. The second-order valence-corrected chi connectivity index (χ2v) is 8.71. The Kier molecular flexibility index (Phi) is 7.10. The van der Waals surface area contributed by atoms with Crippen molar-refractivity contribution in [2.24, 2.45) is 0 Å². The summed E-state index contributed by atoms with van der Waals surface area (Å²) in [6.45, 7) is 5.23. The number of likely N-dealkylation sites (tertiary alicyclic amines) is 1. The van der Waals surface area contributed by atoms with E-state index in [1.807, 2.05) is 30.3 Å². The molecule has 0 unspecified atom stereocenters. The number of amides is 2. The summed E-state index contributed by atoms with van der Waals surface area (Å²) in [6, 6.07) is 18.2. The molecule has 2 heterocycles. The van der Waals surface area contributed by atoms with Gasteiger partial charge in [0.2, 0.25) is 0 Å². The lowest BCUT2D eigenvalue weighted by Crippen LogP contribution is -2.54. The number of halogens is 1. The predicted molar refractivity (Wildman–Crippen MR) is 123 cm³/mol. The topological polar surface area (TPSA) is 55.9 Å². The molecule has 0 atom stereocenters. The molecule has 2 fully saturated rings. The van der Waals surface area contributed by atoms with Crippen LogP contribution in [0.5, 0.6) is 0 Å². The minimum atomic E-state index is -0.474. The summed E-state index contributed by atoms with van der Waals surface area (Å²) in [5.74, 6) is -0.893. The van der Waals surface area contributed by atoms with Crippen LogP contribution >= 0.6 is 11.6 Å². The maximum atomic E-state index is 12.6. The standard InChI is InChI=1S/C24H29ClN4O2/c25-20-7-4-8-22(17-20)28-13-15-29(16-14-28)24(31)23(30)26-21-9-11-27(12-10-21)18-19-5-2-1-3-6-19/h1-8,17,21H,9-16,18H2,(H,26,30). The Hall–Kier alpha value is -2.57. The van der Waals surface area contributed by atoms with Gasteiger partial charge in [-0.05, 0) is 36.6 Å². The molecule has 2 aliphatic rings. The van der Waals surface area contributed by atoms with Gasteiger partial charge >= 0.3 is 11.8 Å². The highest BCUT2D eigenvalue weighted by atomic mass is 35.5. The molecule has 2 aromatic carbocycles. The number of nitrogens with one attached hydrogen (secondary N) is 1. The van der Waals surface area contributed by atoms with E-state index >= 15 is 0 Å². The third kappa shape index (κ3) is 5.77. The average molecular weight is 441 g/mol. The Labute approximate surface area is 188 Å². The second kappa shape index (κ2) is 10.2. The first-order chi connectivity index (χ1) is 15.1. The Morgan fingerprint density at radius 3 is 2.29 bits per heavy atom. The molecule has 2 amide bonds. The number of piperazine rings is 1. The molecule has 1 N–H and O–H groups in total. The highest BCUT2D eigenvalue weighted by Gasteiger charge is 2.29. The third-order valence-corrected chi connectivity index (χ3v) is 6.34. The number of hydrogen-bond acceptors (Lipinski definition) is 4. The first-order valence-electron chi connectivity index (χ1n) is 10.9. The van der Waals surface area contributed by atoms with Gasteiger partial charge in [-0.25, -0.2) is 0 Å². The average Bonchev–Trinajstić information content (AvgIpc) is 2.81. The van der Waals surface area contributed by atoms with Crippen LogP contribution in [0.1, 0.15) is 18.4 Å². The van der Waals surface area contributed by atoms with Crippen molar-refractivity contribution >= 4 is 29.1 Å². The zero-order valence-corrected chi connectivity index (χ0v) is 18.4. The Bertz CT molecular complexity index is 891. The number of rotatable bonds is 4. The maximum Gasteiger partial charge on any atom is 0.312 e. The summed E-state index contributed by atoms with van der Waals surface area (Å²) in [6.07, 6.45) is 1.74. The van der Waals surface area contributed by atoms with Gasteiger partial charge in [0.1, 0.15) is 0 Å². The van der Waals surface area contributed by atoms with Crippen molar-refractivity contribution in [1.82, 2.24) is 15.1 Å². The molecule has 7 heteroatoms. The zero-order valence-electron chi connectivity index (χ0n) is 17.7. The number of benzene rings is 2. The van der Waals surface area contributed by atoms with Crippen LogP contribution in [-0.4, -0.2) is 66.9 Å². The summed E-state index contributed by atoms with van der Waals surface area (Å²) in [7, 11) is 0. The minimum Gasteiger partial charge on any atom is -0.368 e. The van der Waals surface area contributed by atoms with Crippen molar-refractivity contribution in [3.63, 3.8) is 0 Å². The molecule has 0 aliphatic carbocycles. The van der Waals surface area contributed by atoms with Gasteiger partial charge in [-0.1, -0.05) is 48.0 Å². The van der Waals surface area contributed by atoms with Crippen molar-refractivity contribution < 1.29 is 9.59 Å². The Morgan fingerprint density at radius 1 is 0.903 bits per heavy atom. The van der Waals surface area contributed by atoms with E-state index in [1.165, 1.54) is 5.56 Å². The smallest absolute Gasteiger partial charge is 0.312 e. The maximum absolute atomic E-state index is 12.6. The molecule has 164 valence electrons.